The van der Waals surface area contributed by atoms with Gasteiger partial charge < -0.3 is 9.84 Å². The molecule has 0 fully saturated rings. The summed E-state index contributed by atoms with van der Waals surface area (Å²) in [6, 6.07) is 10.9. The minimum atomic E-state index is -0.524. The molecule has 0 unspecified atom stereocenters. The van der Waals surface area contributed by atoms with Crippen molar-refractivity contribution in [2.75, 3.05) is 0 Å². The molecule has 0 aliphatic carbocycles. The predicted octanol–water partition coefficient (Wildman–Crippen LogP) is 3.51. The van der Waals surface area contributed by atoms with Crippen molar-refractivity contribution >= 4 is 5.91 Å². The Hall–Kier alpha value is -3.09. The molecule has 24 heavy (non-hydrogen) atoms. The van der Waals surface area contributed by atoms with Crippen LogP contribution in [-0.2, 0) is 0 Å². The smallest absolute Gasteiger partial charge is 0.293 e. The number of carbonyl (C=O) groups is 1. The van der Waals surface area contributed by atoms with E-state index in [2.05, 4.69) is 15.5 Å². The lowest BCUT2D eigenvalue weighted by molar-refractivity contribution is 0.0926. The molecule has 0 bridgehead atoms. The normalized spacial score (nSPS) is 12.0. The van der Waals surface area contributed by atoms with Gasteiger partial charge in [0.25, 0.3) is 17.6 Å². The van der Waals surface area contributed by atoms with Crippen LogP contribution in [0.5, 0.6) is 0 Å². The summed E-state index contributed by atoms with van der Waals surface area (Å²) in [5.74, 6) is -1.27. The minimum absolute atomic E-state index is 0.120. The molecule has 1 amide bonds. The van der Waals surface area contributed by atoms with Gasteiger partial charge in [-0.2, -0.15) is 4.98 Å². The van der Waals surface area contributed by atoms with Gasteiger partial charge in [0.2, 0.25) is 0 Å². The van der Waals surface area contributed by atoms with Crippen molar-refractivity contribution in [3.05, 3.63) is 71.6 Å². The van der Waals surface area contributed by atoms with E-state index in [1.54, 1.807) is 19.1 Å². The van der Waals surface area contributed by atoms with Gasteiger partial charge >= 0.3 is 0 Å². The first-order valence-electron chi connectivity index (χ1n) is 7.19. The molecule has 1 heterocycles. The van der Waals surface area contributed by atoms with Crippen molar-refractivity contribution in [1.82, 2.24) is 15.5 Å². The average molecular weight is 329 g/mol. The van der Waals surface area contributed by atoms with Gasteiger partial charge in [-0.05, 0) is 48.9 Å². The molecule has 0 aliphatic rings. The molecule has 0 saturated carbocycles. The first-order chi connectivity index (χ1) is 11.5. The van der Waals surface area contributed by atoms with E-state index in [-0.39, 0.29) is 29.4 Å². The summed E-state index contributed by atoms with van der Waals surface area (Å²) in [6.45, 7) is 1.76. The Balaban J connectivity index is 1.71. The van der Waals surface area contributed by atoms with Gasteiger partial charge in [0.05, 0.1) is 6.04 Å². The lowest BCUT2D eigenvalue weighted by Crippen LogP contribution is -2.27. The van der Waals surface area contributed by atoms with Crippen LogP contribution in [0.4, 0.5) is 8.78 Å². The van der Waals surface area contributed by atoms with Crippen molar-refractivity contribution in [1.29, 1.82) is 0 Å². The number of nitrogens with one attached hydrogen (secondary N) is 1. The summed E-state index contributed by atoms with van der Waals surface area (Å²) >= 11 is 0. The Morgan fingerprint density at radius 3 is 2.25 bits per heavy atom. The van der Waals surface area contributed by atoms with E-state index in [4.69, 9.17) is 4.52 Å². The monoisotopic (exact) mass is 329 g/mol. The Labute approximate surface area is 136 Å². The third-order valence-electron chi connectivity index (χ3n) is 3.44. The van der Waals surface area contributed by atoms with Crippen LogP contribution in [0.1, 0.15) is 29.1 Å². The minimum Gasteiger partial charge on any atom is -0.343 e. The first kappa shape index (κ1) is 15.8. The quantitative estimate of drug-likeness (QED) is 0.795. The highest BCUT2D eigenvalue weighted by Crippen LogP contribution is 2.18. The molecule has 1 N–H and O–H groups in total. The fourth-order valence-corrected chi connectivity index (χ4v) is 2.12. The summed E-state index contributed by atoms with van der Waals surface area (Å²) in [4.78, 5) is 16.2. The molecule has 3 aromatic rings. The lowest BCUT2D eigenvalue weighted by atomic mass is 10.1. The van der Waals surface area contributed by atoms with E-state index in [9.17, 15) is 13.6 Å². The molecule has 122 valence electrons. The second kappa shape index (κ2) is 6.57. The molecule has 1 aromatic heterocycles. The van der Waals surface area contributed by atoms with E-state index in [1.807, 2.05) is 0 Å². The van der Waals surface area contributed by atoms with Crippen LogP contribution in [0.25, 0.3) is 11.5 Å². The van der Waals surface area contributed by atoms with Crippen molar-refractivity contribution in [3.63, 3.8) is 0 Å². The standard InChI is InChI=1S/C17H13F2N3O2/c1-10(11-2-6-13(18)7-3-11)20-16(23)15-21-17(24-22-15)12-4-8-14(19)9-5-12/h2-10H,1H3,(H,20,23)/t10-/m1/s1. The lowest BCUT2D eigenvalue weighted by Gasteiger charge is -2.12. The average Bonchev–Trinajstić information content (AvgIpc) is 3.06. The van der Waals surface area contributed by atoms with Crippen molar-refractivity contribution in [2.45, 2.75) is 13.0 Å². The maximum absolute atomic E-state index is 12.9. The Bertz CT molecular complexity index is 845. The number of aromatic nitrogens is 2. The van der Waals surface area contributed by atoms with Crippen LogP contribution in [0, 0.1) is 11.6 Å². The highest BCUT2D eigenvalue weighted by atomic mass is 19.1. The summed E-state index contributed by atoms with van der Waals surface area (Å²) in [7, 11) is 0. The molecular formula is C17H13F2N3O2. The third-order valence-corrected chi connectivity index (χ3v) is 3.44. The number of nitrogens with zero attached hydrogens (tertiary/aromatic N) is 2. The van der Waals surface area contributed by atoms with E-state index >= 15 is 0 Å². The Kier molecular flexibility index (Phi) is 4.33. The van der Waals surface area contributed by atoms with E-state index < -0.39 is 5.91 Å². The maximum atomic E-state index is 12.9. The Morgan fingerprint density at radius 1 is 1.04 bits per heavy atom. The molecule has 0 spiro atoms. The van der Waals surface area contributed by atoms with E-state index in [1.165, 1.54) is 36.4 Å². The highest BCUT2D eigenvalue weighted by Gasteiger charge is 2.18. The van der Waals surface area contributed by atoms with Gasteiger partial charge in [-0.3, -0.25) is 4.79 Å². The Morgan fingerprint density at radius 2 is 1.62 bits per heavy atom. The number of carbonyl (C=O) groups excluding carboxylic acids is 1. The predicted molar refractivity (Wildman–Crippen MR) is 82.0 cm³/mol. The van der Waals surface area contributed by atoms with Gasteiger partial charge in [0.1, 0.15) is 11.6 Å². The van der Waals surface area contributed by atoms with Crippen molar-refractivity contribution < 1.29 is 18.1 Å². The van der Waals surface area contributed by atoms with Crippen LogP contribution >= 0.6 is 0 Å². The summed E-state index contributed by atoms with van der Waals surface area (Å²) in [5.41, 5.74) is 1.25. The number of amides is 1. The summed E-state index contributed by atoms with van der Waals surface area (Å²) in [6.07, 6.45) is 0. The second-order valence-electron chi connectivity index (χ2n) is 5.18. The molecule has 1 atom stereocenters. The third kappa shape index (κ3) is 3.45. The van der Waals surface area contributed by atoms with Gasteiger partial charge in [0, 0.05) is 5.56 Å². The van der Waals surface area contributed by atoms with Crippen LogP contribution < -0.4 is 5.32 Å². The maximum Gasteiger partial charge on any atom is 0.293 e. The summed E-state index contributed by atoms with van der Waals surface area (Å²) in [5, 5.41) is 6.32. The number of hydrogen-bond acceptors (Lipinski definition) is 4. The number of rotatable bonds is 4. The molecule has 0 aliphatic heterocycles. The molecule has 5 nitrogen and oxygen atoms in total. The van der Waals surface area contributed by atoms with Crippen LogP contribution in [0.3, 0.4) is 0 Å². The van der Waals surface area contributed by atoms with E-state index in [0.717, 1.165) is 5.56 Å². The zero-order valence-electron chi connectivity index (χ0n) is 12.7. The molecule has 0 saturated heterocycles. The number of halogens is 2. The second-order valence-corrected chi connectivity index (χ2v) is 5.18. The molecular weight excluding hydrogens is 316 g/mol. The van der Waals surface area contributed by atoms with Crippen molar-refractivity contribution in [2.24, 2.45) is 0 Å². The van der Waals surface area contributed by atoms with E-state index in [0.29, 0.717) is 5.56 Å². The zero-order chi connectivity index (χ0) is 17.1. The molecule has 0 radical (unpaired) electrons. The number of benzene rings is 2. The first-order valence-corrected chi connectivity index (χ1v) is 7.19. The molecule has 3 rings (SSSR count). The molecule has 7 heteroatoms. The van der Waals surface area contributed by atoms with Gasteiger partial charge in [-0.25, -0.2) is 8.78 Å². The SMILES string of the molecule is C[C@@H](NC(=O)c1noc(-c2ccc(F)cc2)n1)c1ccc(F)cc1. The van der Waals surface area contributed by atoms with Crippen LogP contribution in [-0.4, -0.2) is 16.0 Å². The van der Waals surface area contributed by atoms with Crippen LogP contribution in [0.15, 0.2) is 53.1 Å². The van der Waals surface area contributed by atoms with Crippen molar-refractivity contribution in [3.8, 4) is 11.5 Å². The largest absolute Gasteiger partial charge is 0.343 e. The topological polar surface area (TPSA) is 68.0 Å². The zero-order valence-corrected chi connectivity index (χ0v) is 12.7. The highest BCUT2D eigenvalue weighted by molar-refractivity contribution is 5.90. The van der Waals surface area contributed by atoms with Crippen LogP contribution in [0.2, 0.25) is 0 Å². The van der Waals surface area contributed by atoms with Gasteiger partial charge in [-0.1, -0.05) is 17.3 Å². The molecule has 2 aromatic carbocycles. The fourth-order valence-electron chi connectivity index (χ4n) is 2.12. The van der Waals surface area contributed by atoms with Gasteiger partial charge in [0.15, 0.2) is 0 Å². The summed E-state index contributed by atoms with van der Waals surface area (Å²) < 4.78 is 30.9. The number of hydrogen-bond donors (Lipinski definition) is 1. The fraction of sp³-hybridized carbons (Fsp3) is 0.118. The van der Waals surface area contributed by atoms with Gasteiger partial charge in [-0.15, -0.1) is 0 Å².